The lowest BCUT2D eigenvalue weighted by atomic mass is 9.99. The second kappa shape index (κ2) is 8.70. The Labute approximate surface area is 174 Å². The van der Waals surface area contributed by atoms with Gasteiger partial charge in [-0.2, -0.15) is 0 Å². The fourth-order valence-electron chi connectivity index (χ4n) is 3.29. The van der Waals surface area contributed by atoms with Crippen LogP contribution in [0.3, 0.4) is 0 Å². The second-order valence-corrected chi connectivity index (χ2v) is 7.49. The SMILES string of the molecule is C=C1C=CC(C(=C)N(C)C(C(=C)Nc2ccc(C)cc2)c2ccc(C)cc2)=CN1. The molecule has 1 atom stereocenters. The molecule has 0 saturated carbocycles. The summed E-state index contributed by atoms with van der Waals surface area (Å²) in [4.78, 5) is 2.15. The Hall–Kier alpha value is -3.46. The predicted octanol–water partition coefficient (Wildman–Crippen LogP) is 5.97. The molecule has 1 heterocycles. The Morgan fingerprint density at radius 3 is 2.07 bits per heavy atom. The highest BCUT2D eigenvalue weighted by atomic mass is 15.2. The molecule has 1 aliphatic rings. The van der Waals surface area contributed by atoms with E-state index in [9.17, 15) is 0 Å². The minimum atomic E-state index is -0.0798. The van der Waals surface area contributed by atoms with E-state index in [1.165, 1.54) is 11.1 Å². The van der Waals surface area contributed by atoms with Crippen molar-refractivity contribution in [3.8, 4) is 0 Å². The van der Waals surface area contributed by atoms with Crippen molar-refractivity contribution in [3.05, 3.63) is 126 Å². The monoisotopic (exact) mass is 383 g/mol. The maximum absolute atomic E-state index is 4.37. The Bertz CT molecular complexity index is 976. The van der Waals surface area contributed by atoms with Crippen LogP contribution in [0.1, 0.15) is 22.7 Å². The third kappa shape index (κ3) is 4.88. The molecule has 3 rings (SSSR count). The summed E-state index contributed by atoms with van der Waals surface area (Å²) in [6.45, 7) is 16.8. The third-order valence-electron chi connectivity index (χ3n) is 5.10. The average Bonchev–Trinajstić information content (AvgIpc) is 2.71. The summed E-state index contributed by atoms with van der Waals surface area (Å²) in [5, 5.41) is 6.64. The first-order valence-electron chi connectivity index (χ1n) is 9.70. The number of nitrogens with one attached hydrogen (secondary N) is 2. The largest absolute Gasteiger partial charge is 0.362 e. The van der Waals surface area contributed by atoms with Crippen LogP contribution in [0.15, 0.2) is 109 Å². The number of aryl methyl sites for hydroxylation is 2. The van der Waals surface area contributed by atoms with Gasteiger partial charge in [0.2, 0.25) is 0 Å². The third-order valence-corrected chi connectivity index (χ3v) is 5.10. The fourth-order valence-corrected chi connectivity index (χ4v) is 3.29. The molecule has 29 heavy (non-hydrogen) atoms. The van der Waals surface area contributed by atoms with Gasteiger partial charge in [-0.25, -0.2) is 0 Å². The van der Waals surface area contributed by atoms with Gasteiger partial charge in [0.25, 0.3) is 0 Å². The number of hydrogen-bond donors (Lipinski definition) is 2. The molecule has 0 aliphatic carbocycles. The second-order valence-electron chi connectivity index (χ2n) is 7.49. The highest BCUT2D eigenvalue weighted by Crippen LogP contribution is 2.32. The predicted molar refractivity (Wildman–Crippen MR) is 124 cm³/mol. The highest BCUT2D eigenvalue weighted by molar-refractivity contribution is 5.52. The lowest BCUT2D eigenvalue weighted by Gasteiger charge is -2.34. The molecule has 1 aliphatic heterocycles. The summed E-state index contributed by atoms with van der Waals surface area (Å²) in [5.41, 5.74) is 8.30. The van der Waals surface area contributed by atoms with Gasteiger partial charge in [-0.3, -0.25) is 0 Å². The molecular formula is C26H29N3. The van der Waals surface area contributed by atoms with E-state index >= 15 is 0 Å². The van der Waals surface area contributed by atoms with Crippen molar-refractivity contribution in [2.24, 2.45) is 0 Å². The molecule has 2 aromatic carbocycles. The van der Waals surface area contributed by atoms with Gasteiger partial charge in [0, 0.05) is 41.6 Å². The number of allylic oxidation sites excluding steroid dienone is 2. The van der Waals surface area contributed by atoms with Crippen molar-refractivity contribution in [2.75, 3.05) is 12.4 Å². The molecule has 0 radical (unpaired) electrons. The summed E-state index contributed by atoms with van der Waals surface area (Å²) < 4.78 is 0. The van der Waals surface area contributed by atoms with Gasteiger partial charge in [0.15, 0.2) is 0 Å². The van der Waals surface area contributed by atoms with Crippen molar-refractivity contribution in [1.82, 2.24) is 10.2 Å². The quantitative estimate of drug-likeness (QED) is 0.616. The number of rotatable bonds is 7. The highest BCUT2D eigenvalue weighted by Gasteiger charge is 2.23. The van der Waals surface area contributed by atoms with Gasteiger partial charge in [-0.05, 0) is 43.7 Å². The smallest absolute Gasteiger partial charge is 0.0935 e. The van der Waals surface area contributed by atoms with Crippen molar-refractivity contribution < 1.29 is 0 Å². The minimum Gasteiger partial charge on any atom is -0.362 e. The zero-order valence-electron chi connectivity index (χ0n) is 17.5. The number of nitrogens with zero attached hydrogens (tertiary/aromatic N) is 1. The minimum absolute atomic E-state index is 0.0798. The number of hydrogen-bond acceptors (Lipinski definition) is 3. The summed E-state index contributed by atoms with van der Waals surface area (Å²) >= 11 is 0. The van der Waals surface area contributed by atoms with E-state index in [2.05, 4.69) is 97.6 Å². The van der Waals surface area contributed by atoms with Crippen LogP contribution in [-0.4, -0.2) is 11.9 Å². The first kappa shape index (κ1) is 20.3. The maximum atomic E-state index is 4.37. The molecule has 0 spiro atoms. The zero-order valence-corrected chi connectivity index (χ0v) is 17.5. The molecule has 1 unspecified atom stereocenters. The average molecular weight is 384 g/mol. The van der Waals surface area contributed by atoms with Crippen molar-refractivity contribution in [2.45, 2.75) is 19.9 Å². The molecular weight excluding hydrogens is 354 g/mol. The van der Waals surface area contributed by atoms with Gasteiger partial charge in [0.05, 0.1) is 6.04 Å². The first-order valence-corrected chi connectivity index (χ1v) is 9.70. The van der Waals surface area contributed by atoms with Crippen LogP contribution in [0, 0.1) is 13.8 Å². The summed E-state index contributed by atoms with van der Waals surface area (Å²) in [6.07, 6.45) is 5.91. The molecule has 0 bridgehead atoms. The van der Waals surface area contributed by atoms with Gasteiger partial charge >= 0.3 is 0 Å². The molecule has 3 nitrogen and oxygen atoms in total. The number of benzene rings is 2. The van der Waals surface area contributed by atoms with Gasteiger partial charge in [0.1, 0.15) is 0 Å². The van der Waals surface area contributed by atoms with Gasteiger partial charge in [-0.1, -0.05) is 67.3 Å². The molecule has 3 heteroatoms. The molecule has 2 N–H and O–H groups in total. The normalized spacial score (nSPS) is 13.9. The van der Waals surface area contributed by atoms with Crippen molar-refractivity contribution in [1.29, 1.82) is 0 Å². The summed E-state index contributed by atoms with van der Waals surface area (Å²) in [5.74, 6) is 0. The molecule has 0 amide bonds. The Morgan fingerprint density at radius 2 is 1.52 bits per heavy atom. The number of dihydropyridines is 1. The lowest BCUT2D eigenvalue weighted by Crippen LogP contribution is -2.29. The Balaban J connectivity index is 1.89. The van der Waals surface area contributed by atoms with Crippen molar-refractivity contribution >= 4 is 5.69 Å². The summed E-state index contributed by atoms with van der Waals surface area (Å²) in [6, 6.07) is 16.8. The molecule has 0 fully saturated rings. The van der Waals surface area contributed by atoms with Crippen LogP contribution >= 0.6 is 0 Å². The Morgan fingerprint density at radius 1 is 0.931 bits per heavy atom. The topological polar surface area (TPSA) is 27.3 Å². The van der Waals surface area contributed by atoms with Crippen molar-refractivity contribution in [3.63, 3.8) is 0 Å². The molecule has 2 aromatic rings. The molecule has 0 saturated heterocycles. The van der Waals surface area contributed by atoms with E-state index in [1.54, 1.807) is 0 Å². The van der Waals surface area contributed by atoms with E-state index in [4.69, 9.17) is 0 Å². The van der Waals surface area contributed by atoms with E-state index < -0.39 is 0 Å². The van der Waals surface area contributed by atoms with Crippen LogP contribution in [-0.2, 0) is 0 Å². The van der Waals surface area contributed by atoms with Crippen LogP contribution in [0.4, 0.5) is 5.69 Å². The molecule has 148 valence electrons. The fraction of sp³-hybridized carbons (Fsp3) is 0.154. The van der Waals surface area contributed by atoms with Crippen LogP contribution in [0.5, 0.6) is 0 Å². The van der Waals surface area contributed by atoms with E-state index in [0.717, 1.165) is 33.9 Å². The van der Waals surface area contributed by atoms with E-state index in [1.807, 2.05) is 25.4 Å². The van der Waals surface area contributed by atoms with E-state index in [-0.39, 0.29) is 6.04 Å². The first-order chi connectivity index (χ1) is 13.8. The number of likely N-dealkylation sites (N-methyl/N-ethyl adjacent to an activating group) is 1. The standard InChI is InChI=1S/C26H29N3/c1-18-7-12-23(13-8-18)26(21(4)28-25-15-9-19(2)10-16-25)29(6)22(5)24-14-11-20(3)27-17-24/h7-17,26-28H,3-5H2,1-2,6H3. The van der Waals surface area contributed by atoms with Crippen LogP contribution < -0.4 is 10.6 Å². The van der Waals surface area contributed by atoms with E-state index in [0.29, 0.717) is 0 Å². The van der Waals surface area contributed by atoms with Gasteiger partial charge < -0.3 is 15.5 Å². The Kier molecular flexibility index (Phi) is 6.08. The lowest BCUT2D eigenvalue weighted by molar-refractivity contribution is 0.357. The summed E-state index contributed by atoms with van der Waals surface area (Å²) in [7, 11) is 2.05. The van der Waals surface area contributed by atoms with Crippen LogP contribution in [0.2, 0.25) is 0 Å². The number of anilines is 1. The van der Waals surface area contributed by atoms with Gasteiger partial charge in [-0.15, -0.1) is 0 Å². The zero-order chi connectivity index (χ0) is 21.0. The maximum Gasteiger partial charge on any atom is 0.0935 e. The van der Waals surface area contributed by atoms with Crippen LogP contribution in [0.25, 0.3) is 0 Å². The molecule has 0 aromatic heterocycles.